The van der Waals surface area contributed by atoms with E-state index in [1.54, 1.807) is 0 Å². The number of carbonyl (C=O) groups is 1. The zero-order valence-electron chi connectivity index (χ0n) is 9.19. The molecule has 1 N–H and O–H groups in total. The fourth-order valence-corrected chi connectivity index (χ4v) is 2.16. The lowest BCUT2D eigenvalue weighted by Gasteiger charge is -2.27. The van der Waals surface area contributed by atoms with Crippen molar-refractivity contribution in [1.82, 2.24) is 0 Å². The number of nitrogens with zero attached hydrogens (tertiary/aromatic N) is 1. The summed E-state index contributed by atoms with van der Waals surface area (Å²) in [6, 6.07) is 7.63. The number of amides is 1. The molecule has 0 saturated carbocycles. The molecular weight excluding hydrogens is 190 g/mol. The molecule has 0 bridgehead atoms. The minimum absolute atomic E-state index is 0.125. The van der Waals surface area contributed by atoms with Crippen molar-refractivity contribution in [2.45, 2.75) is 32.4 Å². The fraction of sp³-hybridized carbons (Fsp3) is 0.417. The van der Waals surface area contributed by atoms with Gasteiger partial charge in [0, 0.05) is 12.3 Å². The van der Waals surface area contributed by atoms with E-state index in [1.807, 2.05) is 38.1 Å². The van der Waals surface area contributed by atoms with Gasteiger partial charge in [-0.1, -0.05) is 32.0 Å². The van der Waals surface area contributed by atoms with Crippen LogP contribution in [0.1, 0.15) is 26.3 Å². The Balaban J connectivity index is 2.62. The molecule has 80 valence electrons. The minimum Gasteiger partial charge on any atom is -0.372 e. The molecule has 3 nitrogen and oxygen atoms in total. The van der Waals surface area contributed by atoms with E-state index in [2.05, 4.69) is 0 Å². The lowest BCUT2D eigenvalue weighted by molar-refractivity contribution is -0.118. The van der Waals surface area contributed by atoms with Crippen LogP contribution in [-0.2, 0) is 10.2 Å². The highest BCUT2D eigenvalue weighted by molar-refractivity contribution is 5.95. The second-order valence-electron chi connectivity index (χ2n) is 4.50. The number of aliphatic hydroxyl groups excluding tert-OH is 1. The molecule has 0 aromatic heterocycles. The van der Waals surface area contributed by atoms with Gasteiger partial charge in [0.25, 0.3) is 0 Å². The molecule has 3 heteroatoms. The third-order valence-corrected chi connectivity index (χ3v) is 3.09. The molecule has 0 fully saturated rings. The Hall–Kier alpha value is -1.35. The second kappa shape index (κ2) is 3.07. The number of hydrogen-bond donors (Lipinski definition) is 1. The average Bonchev–Trinajstić information content (AvgIpc) is 2.36. The summed E-state index contributed by atoms with van der Waals surface area (Å²) in [5, 5.41) is 10.1. The molecule has 0 saturated heterocycles. The molecule has 15 heavy (non-hydrogen) atoms. The van der Waals surface area contributed by atoms with Gasteiger partial charge in [0.15, 0.2) is 0 Å². The van der Waals surface area contributed by atoms with Gasteiger partial charge in [0.05, 0.1) is 5.69 Å². The molecule has 1 aliphatic heterocycles. The first-order chi connectivity index (χ1) is 6.96. The molecule has 1 heterocycles. The van der Waals surface area contributed by atoms with Crippen LogP contribution >= 0.6 is 0 Å². The second-order valence-corrected chi connectivity index (χ2v) is 4.50. The smallest absolute Gasteiger partial charge is 0.226 e. The number of para-hydroxylation sites is 1. The minimum atomic E-state index is -0.771. The predicted octanol–water partition coefficient (Wildman–Crippen LogP) is 1.65. The van der Waals surface area contributed by atoms with Crippen LogP contribution < -0.4 is 4.90 Å². The maximum absolute atomic E-state index is 11.5. The van der Waals surface area contributed by atoms with Crippen LogP contribution in [0.3, 0.4) is 0 Å². The van der Waals surface area contributed by atoms with Crippen molar-refractivity contribution in [2.75, 3.05) is 4.90 Å². The summed E-state index contributed by atoms with van der Waals surface area (Å²) >= 11 is 0. The van der Waals surface area contributed by atoms with Gasteiger partial charge < -0.3 is 5.11 Å². The van der Waals surface area contributed by atoms with Gasteiger partial charge >= 0.3 is 0 Å². The predicted molar refractivity (Wildman–Crippen MR) is 58.6 cm³/mol. The number of carbonyl (C=O) groups excluding carboxylic acids is 1. The summed E-state index contributed by atoms with van der Waals surface area (Å²) < 4.78 is 0. The summed E-state index contributed by atoms with van der Waals surface area (Å²) in [4.78, 5) is 12.9. The molecule has 1 aromatic rings. The van der Waals surface area contributed by atoms with Crippen molar-refractivity contribution in [2.24, 2.45) is 0 Å². The Bertz CT molecular complexity index is 412. The highest BCUT2D eigenvalue weighted by Gasteiger charge is 2.44. The summed E-state index contributed by atoms with van der Waals surface area (Å²) in [5.41, 5.74) is 1.44. The number of aliphatic hydroxyl groups is 1. The SMILES string of the molecule is CC(=O)N1c2ccccc2C(C)(C)[C@@H]1O. The molecule has 1 amide bonds. The maximum Gasteiger partial charge on any atom is 0.226 e. The van der Waals surface area contributed by atoms with Crippen LogP contribution in [0.15, 0.2) is 24.3 Å². The summed E-state index contributed by atoms with van der Waals surface area (Å²) in [6.07, 6.45) is -0.771. The van der Waals surface area contributed by atoms with E-state index in [0.29, 0.717) is 0 Å². The van der Waals surface area contributed by atoms with Gasteiger partial charge in [-0.3, -0.25) is 9.69 Å². The van der Waals surface area contributed by atoms with E-state index in [0.717, 1.165) is 11.3 Å². The first-order valence-corrected chi connectivity index (χ1v) is 5.03. The topological polar surface area (TPSA) is 40.5 Å². The van der Waals surface area contributed by atoms with Crippen LogP contribution in [0.4, 0.5) is 5.69 Å². The van der Waals surface area contributed by atoms with Gasteiger partial charge in [0.1, 0.15) is 6.23 Å². The molecule has 2 rings (SSSR count). The van der Waals surface area contributed by atoms with Crippen LogP contribution in [-0.4, -0.2) is 17.2 Å². The quantitative estimate of drug-likeness (QED) is 0.699. The summed E-state index contributed by atoms with van der Waals surface area (Å²) in [6.45, 7) is 5.36. The van der Waals surface area contributed by atoms with E-state index in [4.69, 9.17) is 0 Å². The van der Waals surface area contributed by atoms with E-state index < -0.39 is 11.6 Å². The Kier molecular flexibility index (Phi) is 2.08. The molecule has 1 aliphatic rings. The Morgan fingerprint density at radius 1 is 1.40 bits per heavy atom. The zero-order chi connectivity index (χ0) is 11.2. The standard InChI is InChI=1S/C12H15NO2/c1-8(14)13-10-7-5-4-6-9(10)12(2,3)11(13)15/h4-7,11,15H,1-3H3/t11-/m0/s1. The highest BCUT2D eigenvalue weighted by atomic mass is 16.3. The fourth-order valence-electron chi connectivity index (χ4n) is 2.16. The van der Waals surface area contributed by atoms with Crippen molar-refractivity contribution in [3.63, 3.8) is 0 Å². The zero-order valence-corrected chi connectivity index (χ0v) is 9.19. The molecule has 1 atom stereocenters. The molecule has 0 spiro atoms. The highest BCUT2D eigenvalue weighted by Crippen LogP contribution is 2.43. The Morgan fingerprint density at radius 3 is 2.60 bits per heavy atom. The lowest BCUT2D eigenvalue weighted by atomic mass is 9.85. The van der Waals surface area contributed by atoms with Crippen LogP contribution in [0.2, 0.25) is 0 Å². The molecule has 0 unspecified atom stereocenters. The van der Waals surface area contributed by atoms with Gasteiger partial charge in [-0.15, -0.1) is 0 Å². The molecule has 0 radical (unpaired) electrons. The van der Waals surface area contributed by atoms with E-state index in [-0.39, 0.29) is 5.91 Å². The average molecular weight is 205 g/mol. The number of fused-ring (bicyclic) bond motifs is 1. The third-order valence-electron chi connectivity index (χ3n) is 3.09. The van der Waals surface area contributed by atoms with Crippen LogP contribution in [0.25, 0.3) is 0 Å². The summed E-state index contributed by atoms with van der Waals surface area (Å²) in [5.74, 6) is -0.125. The largest absolute Gasteiger partial charge is 0.372 e. The molecule has 1 aromatic carbocycles. The van der Waals surface area contributed by atoms with E-state index >= 15 is 0 Å². The Morgan fingerprint density at radius 2 is 2.00 bits per heavy atom. The van der Waals surface area contributed by atoms with Crippen molar-refractivity contribution in [1.29, 1.82) is 0 Å². The van der Waals surface area contributed by atoms with Gasteiger partial charge in [-0.2, -0.15) is 0 Å². The first kappa shape index (κ1) is 10.2. The van der Waals surface area contributed by atoms with E-state index in [1.165, 1.54) is 11.8 Å². The van der Waals surface area contributed by atoms with Gasteiger partial charge in [-0.25, -0.2) is 0 Å². The monoisotopic (exact) mass is 205 g/mol. The molecular formula is C12H15NO2. The third kappa shape index (κ3) is 1.27. The number of anilines is 1. The normalized spacial score (nSPS) is 22.7. The van der Waals surface area contributed by atoms with Crippen LogP contribution in [0, 0.1) is 0 Å². The number of rotatable bonds is 0. The van der Waals surface area contributed by atoms with E-state index in [9.17, 15) is 9.90 Å². The first-order valence-electron chi connectivity index (χ1n) is 5.03. The van der Waals surface area contributed by atoms with Crippen molar-refractivity contribution in [3.8, 4) is 0 Å². The van der Waals surface area contributed by atoms with Gasteiger partial charge in [-0.05, 0) is 11.6 Å². The van der Waals surface area contributed by atoms with Crippen molar-refractivity contribution < 1.29 is 9.90 Å². The van der Waals surface area contributed by atoms with Gasteiger partial charge in [0.2, 0.25) is 5.91 Å². The lowest BCUT2D eigenvalue weighted by Crippen LogP contribution is -2.43. The Labute approximate surface area is 89.3 Å². The van der Waals surface area contributed by atoms with Crippen molar-refractivity contribution in [3.05, 3.63) is 29.8 Å². The maximum atomic E-state index is 11.5. The summed E-state index contributed by atoms with van der Waals surface area (Å²) in [7, 11) is 0. The number of benzene rings is 1. The molecule has 0 aliphatic carbocycles. The van der Waals surface area contributed by atoms with Crippen molar-refractivity contribution >= 4 is 11.6 Å². The van der Waals surface area contributed by atoms with Crippen LogP contribution in [0.5, 0.6) is 0 Å². The number of hydrogen-bond acceptors (Lipinski definition) is 2.